The molecule has 1 heterocycles. The minimum absolute atomic E-state index is 0.289. The lowest BCUT2D eigenvalue weighted by atomic mass is 10.4. The van der Waals surface area contributed by atoms with E-state index in [1.165, 1.54) is 0 Å². The van der Waals surface area contributed by atoms with E-state index in [0.29, 0.717) is 5.82 Å². The molecule has 0 saturated carbocycles. The van der Waals surface area contributed by atoms with Crippen molar-refractivity contribution in [3.8, 4) is 0 Å². The number of aromatic nitrogens is 2. The van der Waals surface area contributed by atoms with E-state index in [2.05, 4.69) is 10.1 Å². The molecule has 4 nitrogen and oxygen atoms in total. The van der Waals surface area contributed by atoms with Crippen molar-refractivity contribution in [2.45, 2.75) is 26.4 Å². The first-order chi connectivity index (χ1) is 4.74. The molecule has 0 saturated heterocycles. The van der Waals surface area contributed by atoms with Gasteiger partial charge in [0.15, 0.2) is 5.82 Å². The van der Waals surface area contributed by atoms with Gasteiger partial charge in [0.2, 0.25) is 0 Å². The van der Waals surface area contributed by atoms with Crippen LogP contribution in [0.5, 0.6) is 0 Å². The number of nitrogens with zero attached hydrogens (tertiary/aromatic N) is 2. The van der Waals surface area contributed by atoms with Crippen LogP contribution >= 0.6 is 0 Å². The first kappa shape index (κ1) is 7.21. The molecule has 1 aromatic rings. The Morgan fingerprint density at radius 3 is 2.70 bits per heavy atom. The van der Waals surface area contributed by atoms with Gasteiger partial charge in [-0.2, -0.15) is 4.98 Å². The number of rotatable bonds is 2. The van der Waals surface area contributed by atoms with Crippen molar-refractivity contribution in [3.05, 3.63) is 11.7 Å². The van der Waals surface area contributed by atoms with Crippen LogP contribution in [-0.4, -0.2) is 15.2 Å². The molecule has 0 radical (unpaired) electrons. The second kappa shape index (κ2) is 2.79. The molecule has 4 heteroatoms. The van der Waals surface area contributed by atoms with Gasteiger partial charge in [0.05, 0.1) is 0 Å². The summed E-state index contributed by atoms with van der Waals surface area (Å²) in [7, 11) is 0. The Hall–Kier alpha value is -0.900. The quantitative estimate of drug-likeness (QED) is 0.659. The minimum Gasteiger partial charge on any atom is -0.384 e. The lowest BCUT2D eigenvalue weighted by molar-refractivity contribution is 0.151. The van der Waals surface area contributed by atoms with Gasteiger partial charge in [-0.1, -0.05) is 12.1 Å². The molecule has 1 unspecified atom stereocenters. The number of hydrogen-bond acceptors (Lipinski definition) is 4. The predicted molar refractivity (Wildman–Crippen MR) is 34.3 cm³/mol. The fourth-order valence-electron chi connectivity index (χ4n) is 0.581. The van der Waals surface area contributed by atoms with E-state index >= 15 is 0 Å². The smallest absolute Gasteiger partial charge is 0.255 e. The molecule has 0 spiro atoms. The summed E-state index contributed by atoms with van der Waals surface area (Å²) >= 11 is 0. The molecule has 0 aliphatic carbocycles. The van der Waals surface area contributed by atoms with E-state index in [-0.39, 0.29) is 5.89 Å². The van der Waals surface area contributed by atoms with Crippen LogP contribution in [0.25, 0.3) is 0 Å². The molecule has 56 valence electrons. The first-order valence-corrected chi connectivity index (χ1v) is 3.24. The summed E-state index contributed by atoms with van der Waals surface area (Å²) in [5.41, 5.74) is 0. The fourth-order valence-corrected chi connectivity index (χ4v) is 0.581. The first-order valence-electron chi connectivity index (χ1n) is 3.24. The molecule has 0 aliphatic heterocycles. The summed E-state index contributed by atoms with van der Waals surface area (Å²) in [4.78, 5) is 3.90. The van der Waals surface area contributed by atoms with Gasteiger partial charge in [0.25, 0.3) is 5.89 Å². The van der Waals surface area contributed by atoms with Gasteiger partial charge in [0, 0.05) is 6.42 Å². The fraction of sp³-hybridized carbons (Fsp3) is 0.667. The molecular formula is C6H10N2O2. The van der Waals surface area contributed by atoms with Crippen LogP contribution < -0.4 is 0 Å². The summed E-state index contributed by atoms with van der Waals surface area (Å²) in [6, 6.07) is 0. The summed E-state index contributed by atoms with van der Waals surface area (Å²) in [5.74, 6) is 0.924. The summed E-state index contributed by atoms with van der Waals surface area (Å²) in [6.07, 6.45) is 0.0729. The van der Waals surface area contributed by atoms with Crippen molar-refractivity contribution < 1.29 is 9.63 Å². The van der Waals surface area contributed by atoms with Crippen molar-refractivity contribution in [1.29, 1.82) is 0 Å². The number of aliphatic hydroxyl groups is 1. The molecule has 10 heavy (non-hydrogen) atoms. The van der Waals surface area contributed by atoms with Crippen LogP contribution in [0.15, 0.2) is 4.52 Å². The van der Waals surface area contributed by atoms with Gasteiger partial charge in [-0.15, -0.1) is 0 Å². The van der Waals surface area contributed by atoms with Crippen molar-refractivity contribution in [2.75, 3.05) is 0 Å². The standard InChI is InChI=1S/C6H10N2O2/c1-3-5-7-6(4(2)9)10-8-5/h4,9H,3H2,1-2H3. The maximum Gasteiger partial charge on any atom is 0.255 e. The Morgan fingerprint density at radius 1 is 1.70 bits per heavy atom. The maximum atomic E-state index is 8.94. The van der Waals surface area contributed by atoms with E-state index in [1.807, 2.05) is 6.92 Å². The molecule has 0 fully saturated rings. The van der Waals surface area contributed by atoms with Crippen molar-refractivity contribution in [3.63, 3.8) is 0 Å². The third kappa shape index (κ3) is 1.33. The lowest BCUT2D eigenvalue weighted by Crippen LogP contribution is -1.90. The molecule has 0 aliphatic rings. The molecule has 0 bridgehead atoms. The zero-order valence-electron chi connectivity index (χ0n) is 6.03. The highest BCUT2D eigenvalue weighted by Crippen LogP contribution is 2.07. The second-order valence-electron chi connectivity index (χ2n) is 2.08. The third-order valence-corrected chi connectivity index (χ3v) is 1.16. The monoisotopic (exact) mass is 142 g/mol. The van der Waals surface area contributed by atoms with Gasteiger partial charge in [-0.05, 0) is 6.92 Å². The largest absolute Gasteiger partial charge is 0.384 e. The Morgan fingerprint density at radius 2 is 2.40 bits per heavy atom. The molecule has 1 atom stereocenters. The molecule has 0 amide bonds. The SMILES string of the molecule is CCc1noc(C(C)O)n1. The number of aryl methyl sites for hydroxylation is 1. The molecule has 1 rings (SSSR count). The van der Waals surface area contributed by atoms with Crippen molar-refractivity contribution >= 4 is 0 Å². The van der Waals surface area contributed by atoms with Gasteiger partial charge < -0.3 is 9.63 Å². The normalized spacial score (nSPS) is 13.5. The number of hydrogen-bond donors (Lipinski definition) is 1. The van der Waals surface area contributed by atoms with Crippen LogP contribution in [0, 0.1) is 0 Å². The number of aliphatic hydroxyl groups excluding tert-OH is 1. The van der Waals surface area contributed by atoms with E-state index in [9.17, 15) is 0 Å². The second-order valence-corrected chi connectivity index (χ2v) is 2.08. The highest BCUT2D eigenvalue weighted by molar-refractivity contribution is 4.87. The zero-order chi connectivity index (χ0) is 7.56. The van der Waals surface area contributed by atoms with E-state index in [4.69, 9.17) is 9.63 Å². The molecule has 1 aromatic heterocycles. The molecule has 0 aromatic carbocycles. The highest BCUT2D eigenvalue weighted by atomic mass is 16.5. The van der Waals surface area contributed by atoms with Crippen LogP contribution in [0.3, 0.4) is 0 Å². The van der Waals surface area contributed by atoms with E-state index in [1.54, 1.807) is 6.92 Å². The molecular weight excluding hydrogens is 132 g/mol. The van der Waals surface area contributed by atoms with Crippen molar-refractivity contribution in [1.82, 2.24) is 10.1 Å². The Bertz CT molecular complexity index is 207. The predicted octanol–water partition coefficient (Wildman–Crippen LogP) is 0.685. The topological polar surface area (TPSA) is 59.2 Å². The van der Waals surface area contributed by atoms with Gasteiger partial charge >= 0.3 is 0 Å². The van der Waals surface area contributed by atoms with Gasteiger partial charge in [-0.3, -0.25) is 0 Å². The van der Waals surface area contributed by atoms with Crippen LogP contribution in [0.2, 0.25) is 0 Å². The minimum atomic E-state index is -0.659. The summed E-state index contributed by atoms with van der Waals surface area (Å²) in [6.45, 7) is 3.52. The van der Waals surface area contributed by atoms with Crippen LogP contribution in [0.1, 0.15) is 31.7 Å². The van der Waals surface area contributed by atoms with E-state index in [0.717, 1.165) is 6.42 Å². The van der Waals surface area contributed by atoms with E-state index < -0.39 is 6.10 Å². The Balaban J connectivity index is 2.78. The van der Waals surface area contributed by atoms with Crippen molar-refractivity contribution in [2.24, 2.45) is 0 Å². The average Bonchev–Trinajstić information content (AvgIpc) is 2.34. The van der Waals surface area contributed by atoms with Crippen LogP contribution in [0.4, 0.5) is 0 Å². The Labute approximate surface area is 58.9 Å². The van der Waals surface area contributed by atoms with Gasteiger partial charge in [-0.25, -0.2) is 0 Å². The summed E-state index contributed by atoms with van der Waals surface area (Å²) in [5, 5.41) is 12.5. The zero-order valence-corrected chi connectivity index (χ0v) is 6.03. The molecule has 1 N–H and O–H groups in total. The van der Waals surface area contributed by atoms with Crippen LogP contribution in [-0.2, 0) is 6.42 Å². The summed E-state index contributed by atoms with van der Waals surface area (Å²) < 4.78 is 4.71. The Kier molecular flexibility index (Phi) is 2.01. The third-order valence-electron chi connectivity index (χ3n) is 1.16. The average molecular weight is 142 g/mol. The lowest BCUT2D eigenvalue weighted by Gasteiger charge is -1.91. The van der Waals surface area contributed by atoms with Gasteiger partial charge in [0.1, 0.15) is 6.10 Å². The maximum absolute atomic E-state index is 8.94. The highest BCUT2D eigenvalue weighted by Gasteiger charge is 2.08.